The second-order valence-corrected chi connectivity index (χ2v) is 13.3. The van der Waals surface area contributed by atoms with Crippen molar-refractivity contribution in [2.75, 3.05) is 52.1 Å². The molecular formula is C33H34N8O4S. The number of nitrogens with one attached hydrogen (secondary N) is 1. The summed E-state index contributed by atoms with van der Waals surface area (Å²) in [5.41, 5.74) is 9.06. The number of hydrogen-bond donors (Lipinski definition) is 2. The third-order valence-electron chi connectivity index (χ3n) is 8.40. The molecule has 46 heavy (non-hydrogen) atoms. The number of ketones is 1. The first kappa shape index (κ1) is 29.7. The standard InChI is InChI=1S/C33H34N8O4S/c1-22-36-28-11-9-24(19-29(28)37-22)40-33(34)27(21-35-40)32(42)31-18-23-8-10-25(45-17-16-39-14-12-38(2)13-15-39)20-30(23)41(31)46(43,44)26-6-4-3-5-7-26/h3-11,18-21H,12-17,34H2,1-2H3,(H,36,37). The van der Waals surface area contributed by atoms with Gasteiger partial charge in [0, 0.05) is 44.2 Å². The molecule has 1 saturated heterocycles. The lowest BCUT2D eigenvalue weighted by atomic mass is 10.1. The minimum atomic E-state index is -4.20. The summed E-state index contributed by atoms with van der Waals surface area (Å²) < 4.78 is 36.9. The molecule has 1 fully saturated rings. The fraction of sp³-hybridized carbons (Fsp3) is 0.242. The summed E-state index contributed by atoms with van der Waals surface area (Å²) in [5, 5.41) is 4.96. The first-order chi connectivity index (χ1) is 22.2. The molecule has 236 valence electrons. The molecule has 3 aromatic heterocycles. The van der Waals surface area contributed by atoms with Gasteiger partial charge >= 0.3 is 0 Å². The van der Waals surface area contributed by atoms with E-state index in [0.29, 0.717) is 28.9 Å². The average Bonchev–Trinajstić information content (AvgIpc) is 3.75. The maximum Gasteiger partial charge on any atom is 0.268 e. The van der Waals surface area contributed by atoms with Gasteiger partial charge in [0.25, 0.3) is 10.0 Å². The summed E-state index contributed by atoms with van der Waals surface area (Å²) in [6.07, 6.45) is 1.36. The zero-order valence-electron chi connectivity index (χ0n) is 25.6. The number of piperazine rings is 1. The molecule has 12 nitrogen and oxygen atoms in total. The molecule has 0 unspecified atom stereocenters. The lowest BCUT2D eigenvalue weighted by Crippen LogP contribution is -2.45. The van der Waals surface area contributed by atoms with Gasteiger partial charge in [0.05, 0.1) is 38.9 Å². The second-order valence-electron chi connectivity index (χ2n) is 11.5. The summed E-state index contributed by atoms with van der Waals surface area (Å²) in [4.78, 5) is 26.5. The Labute approximate surface area is 266 Å². The van der Waals surface area contributed by atoms with Crippen LogP contribution < -0.4 is 10.5 Å². The van der Waals surface area contributed by atoms with Crippen LogP contribution in [0.4, 0.5) is 5.82 Å². The third-order valence-corrected chi connectivity index (χ3v) is 10.1. The van der Waals surface area contributed by atoms with Crippen LogP contribution in [0.25, 0.3) is 27.6 Å². The Morgan fingerprint density at radius 3 is 2.57 bits per heavy atom. The number of fused-ring (bicyclic) bond motifs is 2. The highest BCUT2D eigenvalue weighted by atomic mass is 32.2. The van der Waals surface area contributed by atoms with Crippen LogP contribution in [0.1, 0.15) is 21.9 Å². The number of rotatable bonds is 9. The van der Waals surface area contributed by atoms with Crippen LogP contribution in [0.15, 0.2) is 83.9 Å². The van der Waals surface area contributed by atoms with Crippen molar-refractivity contribution in [3.05, 3.63) is 96.1 Å². The van der Waals surface area contributed by atoms with Gasteiger partial charge < -0.3 is 20.4 Å². The Bertz CT molecular complexity index is 2180. The normalized spacial score (nSPS) is 14.7. The molecular weight excluding hydrogens is 604 g/mol. The summed E-state index contributed by atoms with van der Waals surface area (Å²) in [7, 11) is -2.08. The quantitative estimate of drug-likeness (QED) is 0.227. The Balaban J connectivity index is 1.26. The van der Waals surface area contributed by atoms with Crippen molar-refractivity contribution in [2.24, 2.45) is 0 Å². The SMILES string of the molecule is Cc1nc2cc(-n3ncc(C(=O)c4cc5ccc(OCCN6CCN(C)CC6)cc5n4S(=O)(=O)c4ccccc4)c3N)ccc2[nH]1. The maximum absolute atomic E-state index is 14.2. The van der Waals surface area contributed by atoms with E-state index in [1.54, 1.807) is 42.5 Å². The molecule has 0 saturated carbocycles. The van der Waals surface area contributed by atoms with Crippen molar-refractivity contribution in [3.63, 3.8) is 0 Å². The summed E-state index contributed by atoms with van der Waals surface area (Å²) in [6, 6.07) is 20.3. The van der Waals surface area contributed by atoms with Crippen LogP contribution in [0.5, 0.6) is 5.75 Å². The van der Waals surface area contributed by atoms with Gasteiger partial charge in [-0.15, -0.1) is 0 Å². The smallest absolute Gasteiger partial charge is 0.268 e. The van der Waals surface area contributed by atoms with E-state index < -0.39 is 15.8 Å². The Morgan fingerprint density at radius 1 is 1.00 bits per heavy atom. The predicted octanol–water partition coefficient (Wildman–Crippen LogP) is 3.69. The predicted molar refractivity (Wildman–Crippen MR) is 176 cm³/mol. The summed E-state index contributed by atoms with van der Waals surface area (Å²) >= 11 is 0. The van der Waals surface area contributed by atoms with E-state index in [4.69, 9.17) is 10.5 Å². The summed E-state index contributed by atoms with van der Waals surface area (Å²) in [5.74, 6) is 0.791. The fourth-order valence-electron chi connectivity index (χ4n) is 5.86. The molecule has 0 atom stereocenters. The van der Waals surface area contributed by atoms with Crippen LogP contribution in [0, 0.1) is 6.92 Å². The van der Waals surface area contributed by atoms with Crippen molar-refractivity contribution in [1.82, 2.24) is 33.5 Å². The molecule has 0 radical (unpaired) electrons. The second kappa shape index (κ2) is 11.7. The van der Waals surface area contributed by atoms with Crippen LogP contribution in [-0.4, -0.2) is 94.1 Å². The highest BCUT2D eigenvalue weighted by Crippen LogP contribution is 2.32. The van der Waals surface area contributed by atoms with E-state index in [9.17, 15) is 13.2 Å². The fourth-order valence-corrected chi connectivity index (χ4v) is 7.38. The Morgan fingerprint density at radius 2 is 1.78 bits per heavy atom. The first-order valence-electron chi connectivity index (χ1n) is 15.0. The van der Waals surface area contributed by atoms with Crippen molar-refractivity contribution < 1.29 is 17.9 Å². The number of carbonyl (C=O) groups is 1. The average molecular weight is 639 g/mol. The Hall–Kier alpha value is -4.98. The van der Waals surface area contributed by atoms with Crippen molar-refractivity contribution in [2.45, 2.75) is 11.8 Å². The molecule has 13 heteroatoms. The number of ether oxygens (including phenoxy) is 1. The molecule has 0 amide bonds. The number of aryl methyl sites for hydroxylation is 1. The van der Waals surface area contributed by atoms with Crippen LogP contribution in [-0.2, 0) is 10.0 Å². The molecule has 4 heterocycles. The number of benzene rings is 3. The molecule has 6 aromatic rings. The molecule has 3 aromatic carbocycles. The molecule has 0 aliphatic carbocycles. The number of nitrogens with zero attached hydrogens (tertiary/aromatic N) is 6. The summed E-state index contributed by atoms with van der Waals surface area (Å²) in [6.45, 7) is 7.04. The van der Waals surface area contributed by atoms with Crippen molar-refractivity contribution in [1.29, 1.82) is 0 Å². The number of aromatic amines is 1. The third kappa shape index (κ3) is 5.42. The molecule has 1 aliphatic rings. The van der Waals surface area contributed by atoms with Crippen LogP contribution in [0.3, 0.4) is 0 Å². The zero-order chi connectivity index (χ0) is 32.0. The molecule has 7 rings (SSSR count). The van der Waals surface area contributed by atoms with Crippen molar-refractivity contribution in [3.8, 4) is 11.4 Å². The van der Waals surface area contributed by atoms with Gasteiger partial charge in [-0.05, 0) is 62.5 Å². The minimum Gasteiger partial charge on any atom is -0.492 e. The van der Waals surface area contributed by atoms with E-state index in [1.165, 1.54) is 23.0 Å². The Kier molecular flexibility index (Phi) is 7.59. The minimum absolute atomic E-state index is 0.0502. The number of anilines is 1. The van der Waals surface area contributed by atoms with E-state index >= 15 is 0 Å². The van der Waals surface area contributed by atoms with Gasteiger partial charge in [-0.2, -0.15) is 5.10 Å². The van der Waals surface area contributed by atoms with Gasteiger partial charge in [-0.3, -0.25) is 9.69 Å². The first-order valence-corrected chi connectivity index (χ1v) is 16.5. The number of likely N-dealkylation sites (N-methyl/N-ethyl adjacent to an activating group) is 1. The lowest BCUT2D eigenvalue weighted by Gasteiger charge is -2.32. The zero-order valence-corrected chi connectivity index (χ0v) is 26.4. The van der Waals surface area contributed by atoms with E-state index in [1.807, 2.05) is 25.1 Å². The van der Waals surface area contributed by atoms with Gasteiger partial charge in [0.15, 0.2) is 0 Å². The molecule has 0 bridgehead atoms. The van der Waals surface area contributed by atoms with E-state index in [-0.39, 0.29) is 22.0 Å². The van der Waals surface area contributed by atoms with E-state index in [0.717, 1.165) is 53.6 Å². The van der Waals surface area contributed by atoms with E-state index in [2.05, 4.69) is 31.9 Å². The van der Waals surface area contributed by atoms with Gasteiger partial charge in [0.1, 0.15) is 29.7 Å². The molecule has 1 aliphatic heterocycles. The lowest BCUT2D eigenvalue weighted by molar-refractivity contribution is 0.103. The largest absolute Gasteiger partial charge is 0.492 e. The number of carbonyl (C=O) groups excluding carboxylic acids is 1. The highest BCUT2D eigenvalue weighted by molar-refractivity contribution is 7.90. The van der Waals surface area contributed by atoms with Crippen molar-refractivity contribution >= 4 is 43.6 Å². The van der Waals surface area contributed by atoms with Gasteiger partial charge in [0.2, 0.25) is 5.78 Å². The monoisotopic (exact) mass is 638 g/mol. The number of H-pyrrole nitrogens is 1. The number of nitrogen functional groups attached to an aromatic ring is 1. The van der Waals surface area contributed by atoms with Gasteiger partial charge in [-0.1, -0.05) is 18.2 Å². The number of imidazole rings is 1. The van der Waals surface area contributed by atoms with Gasteiger partial charge in [-0.25, -0.2) is 22.1 Å². The highest BCUT2D eigenvalue weighted by Gasteiger charge is 2.29. The maximum atomic E-state index is 14.2. The number of hydrogen-bond acceptors (Lipinski definition) is 9. The number of nitrogens with two attached hydrogens (primary N) is 1. The molecule has 3 N–H and O–H groups in total. The molecule has 0 spiro atoms. The van der Waals surface area contributed by atoms with Crippen LogP contribution >= 0.6 is 0 Å². The number of aromatic nitrogens is 5. The topological polar surface area (TPSA) is 144 Å². The van der Waals surface area contributed by atoms with Crippen LogP contribution in [0.2, 0.25) is 0 Å².